The summed E-state index contributed by atoms with van der Waals surface area (Å²) in [5.41, 5.74) is 0.420. The summed E-state index contributed by atoms with van der Waals surface area (Å²) in [6, 6.07) is 7.94. The van der Waals surface area contributed by atoms with Crippen LogP contribution in [-0.2, 0) is 0 Å². The molecule has 2 unspecified atom stereocenters. The molecule has 2 nitrogen and oxygen atoms in total. The molecule has 0 saturated heterocycles. The Bertz CT molecular complexity index is 616. The smallest absolute Gasteiger partial charge is 0.169 e. The van der Waals surface area contributed by atoms with E-state index >= 15 is 0 Å². The van der Waals surface area contributed by atoms with Crippen LogP contribution < -0.4 is 5.32 Å². The normalized spacial score (nSPS) is 26.4. The molecule has 4 rings (SSSR count). The first-order valence-electron chi connectivity index (χ1n) is 7.72. The van der Waals surface area contributed by atoms with Crippen molar-refractivity contribution in [2.45, 2.75) is 44.1 Å². The third-order valence-corrected chi connectivity index (χ3v) is 4.79. The van der Waals surface area contributed by atoms with Gasteiger partial charge in [0.05, 0.1) is 0 Å². The van der Waals surface area contributed by atoms with Crippen LogP contribution in [0.4, 0.5) is 4.39 Å². The largest absolute Gasteiger partial charge is 0.458 e. The summed E-state index contributed by atoms with van der Waals surface area (Å²) in [5, 5.41) is 4.52. The van der Waals surface area contributed by atoms with Gasteiger partial charge in [-0.1, -0.05) is 18.6 Å². The van der Waals surface area contributed by atoms with Crippen molar-refractivity contribution >= 4 is 11.0 Å². The molecule has 2 fully saturated rings. The van der Waals surface area contributed by atoms with Crippen molar-refractivity contribution in [2.24, 2.45) is 5.92 Å². The predicted octanol–water partition coefficient (Wildman–Crippen LogP) is 4.21. The Morgan fingerprint density at radius 1 is 1.20 bits per heavy atom. The van der Waals surface area contributed by atoms with Gasteiger partial charge in [0.1, 0.15) is 5.76 Å². The Morgan fingerprint density at radius 3 is 2.90 bits per heavy atom. The number of para-hydroxylation sites is 1. The average molecular weight is 273 g/mol. The Morgan fingerprint density at radius 2 is 2.10 bits per heavy atom. The van der Waals surface area contributed by atoms with E-state index in [1.807, 2.05) is 12.1 Å². The SMILES string of the molecule is Fc1cccc2cc(C3CCCC3CNC3CC3)oc12. The molecule has 2 atom stereocenters. The van der Waals surface area contributed by atoms with Crippen molar-refractivity contribution < 1.29 is 8.81 Å². The van der Waals surface area contributed by atoms with Crippen molar-refractivity contribution in [3.63, 3.8) is 0 Å². The van der Waals surface area contributed by atoms with Gasteiger partial charge >= 0.3 is 0 Å². The van der Waals surface area contributed by atoms with Gasteiger partial charge in [0.25, 0.3) is 0 Å². The lowest BCUT2D eigenvalue weighted by molar-refractivity contribution is 0.386. The lowest BCUT2D eigenvalue weighted by Crippen LogP contribution is -2.26. The Labute approximate surface area is 118 Å². The van der Waals surface area contributed by atoms with E-state index in [1.165, 1.54) is 38.2 Å². The highest BCUT2D eigenvalue weighted by molar-refractivity contribution is 5.78. The van der Waals surface area contributed by atoms with Gasteiger partial charge in [0, 0.05) is 17.3 Å². The second kappa shape index (κ2) is 4.88. The van der Waals surface area contributed by atoms with E-state index in [4.69, 9.17) is 4.42 Å². The molecule has 106 valence electrons. The molecule has 0 amide bonds. The molecule has 2 saturated carbocycles. The quantitative estimate of drug-likeness (QED) is 0.902. The second-order valence-electron chi connectivity index (χ2n) is 6.29. The zero-order valence-electron chi connectivity index (χ0n) is 11.6. The molecule has 0 radical (unpaired) electrons. The molecule has 3 heteroatoms. The number of furan rings is 1. The van der Waals surface area contributed by atoms with Gasteiger partial charge in [-0.25, -0.2) is 4.39 Å². The Kier molecular flexibility index (Phi) is 3.03. The lowest BCUT2D eigenvalue weighted by Gasteiger charge is -2.18. The van der Waals surface area contributed by atoms with E-state index in [9.17, 15) is 4.39 Å². The van der Waals surface area contributed by atoms with Crippen molar-refractivity contribution in [3.8, 4) is 0 Å². The van der Waals surface area contributed by atoms with Gasteiger partial charge in [-0.05, 0) is 50.3 Å². The summed E-state index contributed by atoms with van der Waals surface area (Å²) in [5.74, 6) is 1.82. The minimum atomic E-state index is -0.251. The van der Waals surface area contributed by atoms with Gasteiger partial charge in [-0.15, -0.1) is 0 Å². The van der Waals surface area contributed by atoms with Gasteiger partial charge < -0.3 is 9.73 Å². The topological polar surface area (TPSA) is 25.2 Å². The van der Waals surface area contributed by atoms with Crippen molar-refractivity contribution in [3.05, 3.63) is 35.8 Å². The molecule has 2 aliphatic carbocycles. The predicted molar refractivity (Wildman–Crippen MR) is 77.3 cm³/mol. The first kappa shape index (κ1) is 12.4. The highest BCUT2D eigenvalue weighted by Gasteiger charge is 2.32. The second-order valence-corrected chi connectivity index (χ2v) is 6.29. The van der Waals surface area contributed by atoms with E-state index in [2.05, 4.69) is 5.32 Å². The van der Waals surface area contributed by atoms with Crippen molar-refractivity contribution in [1.29, 1.82) is 0 Å². The van der Waals surface area contributed by atoms with E-state index in [1.54, 1.807) is 6.07 Å². The zero-order chi connectivity index (χ0) is 13.5. The van der Waals surface area contributed by atoms with E-state index in [0.717, 1.165) is 23.7 Å². The van der Waals surface area contributed by atoms with Crippen LogP contribution in [0.25, 0.3) is 11.0 Å². The van der Waals surface area contributed by atoms with Crippen molar-refractivity contribution in [2.75, 3.05) is 6.54 Å². The summed E-state index contributed by atoms with van der Waals surface area (Å²) in [6.07, 6.45) is 6.32. The van der Waals surface area contributed by atoms with Gasteiger partial charge in [-0.3, -0.25) is 0 Å². The molecule has 1 heterocycles. The van der Waals surface area contributed by atoms with Crippen molar-refractivity contribution in [1.82, 2.24) is 5.32 Å². The molecule has 1 aromatic carbocycles. The fourth-order valence-electron chi connectivity index (χ4n) is 3.49. The van der Waals surface area contributed by atoms with Crippen LogP contribution in [0, 0.1) is 11.7 Å². The maximum absolute atomic E-state index is 13.7. The van der Waals surface area contributed by atoms with Crippen LogP contribution in [0.15, 0.2) is 28.7 Å². The van der Waals surface area contributed by atoms with E-state index in [0.29, 0.717) is 17.4 Å². The lowest BCUT2D eigenvalue weighted by atomic mass is 9.93. The molecule has 1 aromatic heterocycles. The van der Waals surface area contributed by atoms with Gasteiger partial charge in [0.2, 0.25) is 0 Å². The van der Waals surface area contributed by atoms with Crippen LogP contribution in [0.1, 0.15) is 43.8 Å². The first-order chi connectivity index (χ1) is 9.81. The number of benzene rings is 1. The highest BCUT2D eigenvalue weighted by Crippen LogP contribution is 2.41. The molecular weight excluding hydrogens is 253 g/mol. The number of nitrogens with one attached hydrogen (secondary N) is 1. The maximum Gasteiger partial charge on any atom is 0.169 e. The third kappa shape index (κ3) is 2.24. The number of fused-ring (bicyclic) bond motifs is 1. The highest BCUT2D eigenvalue weighted by atomic mass is 19.1. The molecular formula is C17H20FNO. The van der Waals surface area contributed by atoms with Crippen LogP contribution in [0.3, 0.4) is 0 Å². The number of hydrogen-bond donors (Lipinski definition) is 1. The molecule has 2 aromatic rings. The summed E-state index contributed by atoms with van der Waals surface area (Å²) >= 11 is 0. The summed E-state index contributed by atoms with van der Waals surface area (Å²) in [6.45, 7) is 1.08. The minimum Gasteiger partial charge on any atom is -0.458 e. The third-order valence-electron chi connectivity index (χ3n) is 4.79. The monoisotopic (exact) mass is 273 g/mol. The molecule has 1 N–H and O–H groups in total. The maximum atomic E-state index is 13.7. The van der Waals surface area contributed by atoms with Crippen LogP contribution in [0.2, 0.25) is 0 Å². The minimum absolute atomic E-state index is 0.251. The number of hydrogen-bond acceptors (Lipinski definition) is 2. The van der Waals surface area contributed by atoms with E-state index in [-0.39, 0.29) is 5.82 Å². The first-order valence-corrected chi connectivity index (χ1v) is 7.72. The summed E-state index contributed by atoms with van der Waals surface area (Å²) in [4.78, 5) is 0. The Balaban J connectivity index is 1.58. The van der Waals surface area contributed by atoms with Crippen LogP contribution in [0.5, 0.6) is 0 Å². The summed E-state index contributed by atoms with van der Waals surface area (Å²) in [7, 11) is 0. The van der Waals surface area contributed by atoms with Gasteiger partial charge in [0.15, 0.2) is 11.4 Å². The zero-order valence-corrected chi connectivity index (χ0v) is 11.6. The van der Waals surface area contributed by atoms with Crippen LogP contribution in [-0.4, -0.2) is 12.6 Å². The molecule has 0 spiro atoms. The molecule has 2 aliphatic rings. The standard InChI is InChI=1S/C17H20FNO/c18-15-6-2-3-11-9-16(20-17(11)15)14-5-1-4-12(14)10-19-13-7-8-13/h2-3,6,9,12-14,19H,1,4-5,7-8,10H2. The van der Waals surface area contributed by atoms with Crippen LogP contribution >= 0.6 is 0 Å². The van der Waals surface area contributed by atoms with E-state index < -0.39 is 0 Å². The summed E-state index contributed by atoms with van der Waals surface area (Å²) < 4.78 is 19.6. The Hall–Kier alpha value is -1.35. The molecule has 0 aliphatic heterocycles. The fourth-order valence-corrected chi connectivity index (χ4v) is 3.49. The number of rotatable bonds is 4. The fraction of sp³-hybridized carbons (Fsp3) is 0.529. The number of halogens is 1. The van der Waals surface area contributed by atoms with Gasteiger partial charge in [-0.2, -0.15) is 0 Å². The average Bonchev–Trinajstić information content (AvgIpc) is 2.99. The molecule has 0 bridgehead atoms. The molecule has 20 heavy (non-hydrogen) atoms.